The third-order valence-electron chi connectivity index (χ3n) is 5.97. The number of halogens is 2. The fourth-order valence-electron chi connectivity index (χ4n) is 4.48. The van der Waals surface area contributed by atoms with Gasteiger partial charge in [0.1, 0.15) is 6.61 Å². The molecule has 32 heavy (non-hydrogen) atoms. The number of hydrogen-bond acceptors (Lipinski definition) is 7. The summed E-state index contributed by atoms with van der Waals surface area (Å²) >= 11 is 0. The first-order chi connectivity index (χ1) is 15.4. The fourth-order valence-corrected chi connectivity index (χ4v) is 4.48. The van der Waals surface area contributed by atoms with Crippen molar-refractivity contribution < 1.29 is 23.0 Å². The molecule has 2 heterocycles. The second-order valence-corrected chi connectivity index (χ2v) is 8.22. The minimum absolute atomic E-state index is 0.0980. The Labute approximate surface area is 186 Å². The lowest BCUT2D eigenvalue weighted by Crippen LogP contribution is -2.30. The van der Waals surface area contributed by atoms with Gasteiger partial charge in [-0.1, -0.05) is 12.8 Å². The standard InChI is InChI=1S/C23H28F2N4O3/c1-29(2)23-26-11-16(22(28-23)31-4)21-15-10-18(30-3)19(32-12-20(24)25)9-14(15)13-7-5-6-8-17(13)27-21/h9-11,13,17,20H,5-8,12H2,1-4H3/t13-,17-/m1/s1. The Kier molecular flexibility index (Phi) is 6.43. The van der Waals surface area contributed by atoms with Crippen molar-refractivity contribution in [2.24, 2.45) is 4.99 Å². The number of ether oxygens (including phenoxy) is 3. The summed E-state index contributed by atoms with van der Waals surface area (Å²) in [7, 11) is 6.79. The van der Waals surface area contributed by atoms with E-state index in [9.17, 15) is 8.78 Å². The zero-order valence-corrected chi connectivity index (χ0v) is 18.8. The van der Waals surface area contributed by atoms with E-state index in [1.54, 1.807) is 18.2 Å². The van der Waals surface area contributed by atoms with Gasteiger partial charge in [0, 0.05) is 31.8 Å². The summed E-state index contributed by atoms with van der Waals surface area (Å²) in [6, 6.07) is 3.76. The van der Waals surface area contributed by atoms with Gasteiger partial charge in [-0.05, 0) is 30.5 Å². The number of fused-ring (bicyclic) bond motifs is 3. The van der Waals surface area contributed by atoms with Crippen LogP contribution in [0.4, 0.5) is 14.7 Å². The van der Waals surface area contributed by atoms with Gasteiger partial charge >= 0.3 is 0 Å². The largest absolute Gasteiger partial charge is 0.493 e. The molecule has 0 spiro atoms. The topological polar surface area (TPSA) is 69.1 Å². The molecular formula is C23H28F2N4O3. The second kappa shape index (κ2) is 9.26. The molecule has 2 atom stereocenters. The van der Waals surface area contributed by atoms with E-state index in [1.807, 2.05) is 26.2 Å². The normalized spacial score (nSPS) is 19.7. The summed E-state index contributed by atoms with van der Waals surface area (Å²) in [6.07, 6.45) is 3.32. The molecule has 1 fully saturated rings. The Morgan fingerprint density at radius 3 is 2.53 bits per heavy atom. The van der Waals surface area contributed by atoms with Crippen molar-refractivity contribution in [3.05, 3.63) is 35.0 Å². The summed E-state index contributed by atoms with van der Waals surface area (Å²) < 4.78 is 42.1. The highest BCUT2D eigenvalue weighted by atomic mass is 19.3. The van der Waals surface area contributed by atoms with Crippen LogP contribution < -0.4 is 19.1 Å². The Morgan fingerprint density at radius 2 is 1.84 bits per heavy atom. The minimum atomic E-state index is -2.56. The smallest absolute Gasteiger partial charge is 0.272 e. The third kappa shape index (κ3) is 4.20. The number of aliphatic imine (C=N–C) groups is 1. The van der Waals surface area contributed by atoms with E-state index in [2.05, 4.69) is 9.97 Å². The first kappa shape index (κ1) is 22.2. The second-order valence-electron chi connectivity index (χ2n) is 8.22. The highest BCUT2D eigenvalue weighted by molar-refractivity contribution is 6.16. The lowest BCUT2D eigenvalue weighted by molar-refractivity contribution is 0.0803. The van der Waals surface area contributed by atoms with Crippen LogP contribution in [0.3, 0.4) is 0 Å². The van der Waals surface area contributed by atoms with Crippen LogP contribution in [0.25, 0.3) is 0 Å². The molecular weight excluding hydrogens is 418 g/mol. The van der Waals surface area contributed by atoms with Gasteiger partial charge in [-0.2, -0.15) is 4.98 Å². The zero-order chi connectivity index (χ0) is 22.8. The molecule has 4 rings (SSSR count). The Bertz CT molecular complexity index is 1010. The summed E-state index contributed by atoms with van der Waals surface area (Å²) in [5.74, 6) is 1.88. The van der Waals surface area contributed by atoms with Crippen molar-refractivity contribution in [1.82, 2.24) is 9.97 Å². The lowest BCUT2D eigenvalue weighted by Gasteiger charge is -2.36. The fraction of sp³-hybridized carbons (Fsp3) is 0.522. The van der Waals surface area contributed by atoms with Gasteiger partial charge in [0.05, 0.1) is 31.5 Å². The summed E-state index contributed by atoms with van der Waals surface area (Å²) in [5.41, 5.74) is 3.31. The van der Waals surface area contributed by atoms with Crippen molar-refractivity contribution in [1.29, 1.82) is 0 Å². The first-order valence-electron chi connectivity index (χ1n) is 10.7. The van der Waals surface area contributed by atoms with Crippen LogP contribution >= 0.6 is 0 Å². The highest BCUT2D eigenvalue weighted by Gasteiger charge is 2.36. The summed E-state index contributed by atoms with van der Waals surface area (Å²) in [5, 5.41) is 0. The zero-order valence-electron chi connectivity index (χ0n) is 18.8. The maximum atomic E-state index is 12.8. The van der Waals surface area contributed by atoms with Crippen molar-refractivity contribution >= 4 is 11.7 Å². The van der Waals surface area contributed by atoms with Crippen LogP contribution in [-0.2, 0) is 0 Å². The molecule has 1 aliphatic heterocycles. The Hall–Kier alpha value is -2.97. The van der Waals surface area contributed by atoms with E-state index in [1.165, 1.54) is 7.11 Å². The number of aromatic nitrogens is 2. The van der Waals surface area contributed by atoms with Gasteiger partial charge in [0.2, 0.25) is 11.8 Å². The predicted molar refractivity (Wildman–Crippen MR) is 118 cm³/mol. The molecule has 1 aliphatic carbocycles. The van der Waals surface area contributed by atoms with Gasteiger partial charge < -0.3 is 19.1 Å². The number of benzene rings is 1. The number of alkyl halides is 2. The van der Waals surface area contributed by atoms with Gasteiger partial charge in [-0.15, -0.1) is 0 Å². The molecule has 9 heteroatoms. The average Bonchev–Trinajstić information content (AvgIpc) is 2.81. The monoisotopic (exact) mass is 446 g/mol. The van der Waals surface area contributed by atoms with E-state index in [0.717, 1.165) is 42.5 Å². The van der Waals surface area contributed by atoms with Crippen molar-refractivity contribution in [3.8, 4) is 17.4 Å². The number of hydrogen-bond donors (Lipinski definition) is 0. The molecule has 1 saturated carbocycles. The Balaban J connectivity index is 1.86. The molecule has 172 valence electrons. The van der Waals surface area contributed by atoms with E-state index in [0.29, 0.717) is 28.9 Å². The Morgan fingerprint density at radius 1 is 1.06 bits per heavy atom. The molecule has 0 N–H and O–H groups in total. The van der Waals surface area contributed by atoms with Gasteiger partial charge in [0.15, 0.2) is 11.5 Å². The summed E-state index contributed by atoms with van der Waals surface area (Å²) in [6.45, 7) is -0.683. The van der Waals surface area contributed by atoms with Crippen molar-refractivity contribution in [3.63, 3.8) is 0 Å². The lowest BCUT2D eigenvalue weighted by atomic mass is 9.75. The maximum Gasteiger partial charge on any atom is 0.272 e. The first-order valence-corrected chi connectivity index (χ1v) is 10.7. The van der Waals surface area contributed by atoms with E-state index in [-0.39, 0.29) is 12.0 Å². The van der Waals surface area contributed by atoms with Crippen LogP contribution in [0.2, 0.25) is 0 Å². The molecule has 0 amide bonds. The number of anilines is 1. The van der Waals surface area contributed by atoms with Crippen LogP contribution in [0.5, 0.6) is 17.4 Å². The average molecular weight is 446 g/mol. The molecule has 1 aromatic heterocycles. The number of nitrogens with zero attached hydrogens (tertiary/aromatic N) is 4. The van der Waals surface area contributed by atoms with Gasteiger partial charge in [-0.3, -0.25) is 4.99 Å². The van der Waals surface area contributed by atoms with E-state index in [4.69, 9.17) is 19.2 Å². The van der Waals surface area contributed by atoms with Gasteiger partial charge in [-0.25, -0.2) is 13.8 Å². The summed E-state index contributed by atoms with van der Waals surface area (Å²) in [4.78, 5) is 15.9. The number of methoxy groups -OCH3 is 2. The van der Waals surface area contributed by atoms with Crippen molar-refractivity contribution in [2.45, 2.75) is 44.1 Å². The highest BCUT2D eigenvalue weighted by Crippen LogP contribution is 2.45. The van der Waals surface area contributed by atoms with Gasteiger partial charge in [0.25, 0.3) is 6.43 Å². The van der Waals surface area contributed by atoms with Crippen LogP contribution in [-0.4, -0.2) is 63.1 Å². The SMILES string of the molecule is COc1cc2c(cc1OCC(F)F)[C@H]1CCCC[C@H]1N=C2c1cnc(N(C)C)nc1OC. The van der Waals surface area contributed by atoms with Crippen LogP contribution in [0.15, 0.2) is 23.3 Å². The van der Waals surface area contributed by atoms with Crippen molar-refractivity contribution in [2.75, 3.05) is 39.8 Å². The predicted octanol–water partition coefficient (Wildman–Crippen LogP) is 4.08. The van der Waals surface area contributed by atoms with Crippen LogP contribution in [0.1, 0.15) is 48.3 Å². The van der Waals surface area contributed by atoms with Crippen LogP contribution in [0, 0.1) is 0 Å². The third-order valence-corrected chi connectivity index (χ3v) is 5.97. The molecule has 7 nitrogen and oxygen atoms in total. The quantitative estimate of drug-likeness (QED) is 0.638. The maximum absolute atomic E-state index is 12.8. The molecule has 0 radical (unpaired) electrons. The van der Waals surface area contributed by atoms with E-state index >= 15 is 0 Å². The molecule has 2 aliphatic rings. The number of rotatable bonds is 7. The molecule has 0 unspecified atom stereocenters. The minimum Gasteiger partial charge on any atom is -0.493 e. The molecule has 2 aromatic rings. The molecule has 1 aromatic carbocycles. The van der Waals surface area contributed by atoms with E-state index < -0.39 is 13.0 Å². The molecule has 0 saturated heterocycles. The molecule has 0 bridgehead atoms.